The molecular formula is C17H17Cl2NO2. The molecule has 0 atom stereocenters. The molecule has 1 amide bonds. The first-order valence-electron chi connectivity index (χ1n) is 6.75. The highest BCUT2D eigenvalue weighted by Crippen LogP contribution is 2.30. The van der Waals surface area contributed by atoms with Crippen LogP contribution in [-0.4, -0.2) is 13.0 Å². The zero-order valence-corrected chi connectivity index (χ0v) is 14.1. The van der Waals surface area contributed by atoms with Crippen molar-refractivity contribution in [2.75, 3.05) is 12.4 Å². The Labute approximate surface area is 140 Å². The quantitative estimate of drug-likeness (QED) is 0.859. The molecule has 2 aromatic carbocycles. The number of rotatable bonds is 4. The maximum atomic E-state index is 12.6. The van der Waals surface area contributed by atoms with Gasteiger partial charge in [-0.15, -0.1) is 0 Å². The highest BCUT2D eigenvalue weighted by atomic mass is 35.5. The van der Waals surface area contributed by atoms with Crippen LogP contribution in [0.3, 0.4) is 0 Å². The number of ether oxygens (including phenoxy) is 1. The fraction of sp³-hybridized carbons (Fsp3) is 0.235. The summed E-state index contributed by atoms with van der Waals surface area (Å²) in [4.78, 5) is 12.6. The van der Waals surface area contributed by atoms with E-state index in [2.05, 4.69) is 5.32 Å². The summed E-state index contributed by atoms with van der Waals surface area (Å²) in [6.45, 7) is 3.70. The fourth-order valence-corrected chi connectivity index (χ4v) is 2.35. The van der Waals surface area contributed by atoms with Crippen LogP contribution in [0, 0.1) is 0 Å². The van der Waals surface area contributed by atoms with E-state index >= 15 is 0 Å². The number of halogens is 2. The third-order valence-corrected chi connectivity index (χ3v) is 4.12. The summed E-state index contributed by atoms with van der Waals surface area (Å²) in [5.74, 6) is 0.583. The van der Waals surface area contributed by atoms with Crippen LogP contribution in [0.4, 0.5) is 5.69 Å². The van der Waals surface area contributed by atoms with Gasteiger partial charge in [0.1, 0.15) is 5.75 Å². The summed E-state index contributed by atoms with van der Waals surface area (Å²) in [5.41, 5.74) is 0.655. The number of benzene rings is 2. The first kappa shape index (κ1) is 16.7. The van der Waals surface area contributed by atoms with Crippen LogP contribution in [0.15, 0.2) is 42.5 Å². The Balaban J connectivity index is 2.24. The van der Waals surface area contributed by atoms with Crippen molar-refractivity contribution < 1.29 is 9.53 Å². The van der Waals surface area contributed by atoms with Crippen molar-refractivity contribution in [3.63, 3.8) is 0 Å². The Hall–Kier alpha value is -1.71. The van der Waals surface area contributed by atoms with Gasteiger partial charge in [0.2, 0.25) is 5.91 Å². The van der Waals surface area contributed by atoms with E-state index in [1.165, 1.54) is 0 Å². The zero-order valence-electron chi connectivity index (χ0n) is 12.6. The summed E-state index contributed by atoms with van der Waals surface area (Å²) in [5, 5.41) is 3.79. The lowest BCUT2D eigenvalue weighted by Crippen LogP contribution is -2.34. The molecule has 0 aromatic heterocycles. The molecule has 0 bridgehead atoms. The molecule has 0 unspecified atom stereocenters. The summed E-state index contributed by atoms with van der Waals surface area (Å²) >= 11 is 12.0. The lowest BCUT2D eigenvalue weighted by atomic mass is 9.83. The van der Waals surface area contributed by atoms with Crippen LogP contribution in [0.2, 0.25) is 10.0 Å². The minimum Gasteiger partial charge on any atom is -0.497 e. The maximum Gasteiger partial charge on any atom is 0.234 e. The van der Waals surface area contributed by atoms with Gasteiger partial charge in [-0.05, 0) is 49.7 Å². The molecule has 0 aliphatic heterocycles. The molecule has 0 spiro atoms. The van der Waals surface area contributed by atoms with Gasteiger partial charge in [-0.1, -0.05) is 35.3 Å². The molecule has 2 aromatic rings. The summed E-state index contributed by atoms with van der Waals surface area (Å²) < 4.78 is 5.13. The van der Waals surface area contributed by atoms with Crippen LogP contribution < -0.4 is 10.1 Å². The summed E-state index contributed by atoms with van der Waals surface area (Å²) in [6.07, 6.45) is 0. The average Bonchev–Trinajstić information content (AvgIpc) is 2.51. The van der Waals surface area contributed by atoms with Gasteiger partial charge >= 0.3 is 0 Å². The molecule has 0 saturated carbocycles. The van der Waals surface area contributed by atoms with Crippen molar-refractivity contribution >= 4 is 34.8 Å². The van der Waals surface area contributed by atoms with Crippen LogP contribution >= 0.6 is 23.2 Å². The molecule has 0 heterocycles. The summed E-state index contributed by atoms with van der Waals surface area (Å²) in [7, 11) is 1.61. The Morgan fingerprint density at radius 3 is 2.32 bits per heavy atom. The number of nitrogens with one attached hydrogen (secondary N) is 1. The van der Waals surface area contributed by atoms with E-state index in [-0.39, 0.29) is 5.91 Å². The van der Waals surface area contributed by atoms with Crippen LogP contribution in [0.1, 0.15) is 19.4 Å². The molecule has 0 saturated heterocycles. The second-order valence-corrected chi connectivity index (χ2v) is 6.28. The van der Waals surface area contributed by atoms with Gasteiger partial charge in [0.25, 0.3) is 0 Å². The third-order valence-electron chi connectivity index (χ3n) is 3.56. The zero-order chi connectivity index (χ0) is 16.3. The van der Waals surface area contributed by atoms with Crippen molar-refractivity contribution in [1.82, 2.24) is 0 Å². The van der Waals surface area contributed by atoms with Gasteiger partial charge in [-0.3, -0.25) is 4.79 Å². The number of amides is 1. The number of anilines is 1. The van der Waals surface area contributed by atoms with E-state index in [1.807, 2.05) is 38.1 Å². The molecule has 0 radical (unpaired) electrons. The van der Waals surface area contributed by atoms with E-state index in [0.29, 0.717) is 15.7 Å². The molecule has 0 aliphatic rings. The van der Waals surface area contributed by atoms with Crippen molar-refractivity contribution in [3.05, 3.63) is 58.1 Å². The molecule has 0 fully saturated rings. The highest BCUT2D eigenvalue weighted by Gasteiger charge is 2.30. The van der Waals surface area contributed by atoms with Crippen LogP contribution in [0.25, 0.3) is 0 Å². The number of carbonyl (C=O) groups excluding carboxylic acids is 1. The lowest BCUT2D eigenvalue weighted by molar-refractivity contribution is -0.120. The van der Waals surface area contributed by atoms with Crippen molar-refractivity contribution in [1.29, 1.82) is 0 Å². The average molecular weight is 338 g/mol. The fourth-order valence-electron chi connectivity index (χ4n) is 2.01. The van der Waals surface area contributed by atoms with E-state index in [9.17, 15) is 4.79 Å². The van der Waals surface area contributed by atoms with Gasteiger partial charge in [-0.25, -0.2) is 0 Å². The second-order valence-electron chi connectivity index (χ2n) is 5.43. The first-order chi connectivity index (χ1) is 10.3. The van der Waals surface area contributed by atoms with Crippen molar-refractivity contribution in [3.8, 4) is 5.75 Å². The summed E-state index contributed by atoms with van der Waals surface area (Å²) in [6, 6.07) is 12.4. The smallest absolute Gasteiger partial charge is 0.234 e. The monoisotopic (exact) mass is 337 g/mol. The standard InChI is InChI=1S/C17H17Cl2NO2/c1-17(2,11-4-7-13(22-3)8-5-11)16(21)20-15-10-12(18)6-9-14(15)19/h4-10H,1-3H3,(H,20,21). The van der Waals surface area contributed by atoms with Gasteiger partial charge in [0.05, 0.1) is 23.2 Å². The van der Waals surface area contributed by atoms with E-state index in [0.717, 1.165) is 11.3 Å². The van der Waals surface area contributed by atoms with E-state index in [4.69, 9.17) is 27.9 Å². The number of hydrogen-bond donors (Lipinski definition) is 1. The predicted octanol–water partition coefficient (Wildman–Crippen LogP) is 4.92. The number of carbonyl (C=O) groups is 1. The topological polar surface area (TPSA) is 38.3 Å². The maximum absolute atomic E-state index is 12.6. The van der Waals surface area contributed by atoms with E-state index < -0.39 is 5.41 Å². The third kappa shape index (κ3) is 3.54. The Kier molecular flexibility index (Phi) is 4.99. The SMILES string of the molecule is COc1ccc(C(C)(C)C(=O)Nc2cc(Cl)ccc2Cl)cc1. The van der Waals surface area contributed by atoms with Crippen LogP contribution in [-0.2, 0) is 10.2 Å². The van der Waals surface area contributed by atoms with Gasteiger partial charge in [0.15, 0.2) is 0 Å². The normalized spacial score (nSPS) is 11.1. The molecule has 116 valence electrons. The molecule has 1 N–H and O–H groups in total. The van der Waals surface area contributed by atoms with Crippen molar-refractivity contribution in [2.24, 2.45) is 0 Å². The van der Waals surface area contributed by atoms with Gasteiger partial charge in [0, 0.05) is 5.02 Å². The Morgan fingerprint density at radius 2 is 1.73 bits per heavy atom. The molecule has 5 heteroatoms. The Bertz CT molecular complexity index is 682. The Morgan fingerprint density at radius 1 is 1.09 bits per heavy atom. The highest BCUT2D eigenvalue weighted by molar-refractivity contribution is 6.35. The lowest BCUT2D eigenvalue weighted by Gasteiger charge is -2.24. The minimum atomic E-state index is -0.724. The minimum absolute atomic E-state index is 0.165. The van der Waals surface area contributed by atoms with Crippen LogP contribution in [0.5, 0.6) is 5.75 Å². The molecule has 2 rings (SSSR count). The molecule has 0 aliphatic carbocycles. The molecule has 22 heavy (non-hydrogen) atoms. The number of hydrogen-bond acceptors (Lipinski definition) is 2. The van der Waals surface area contributed by atoms with E-state index in [1.54, 1.807) is 25.3 Å². The predicted molar refractivity (Wildman–Crippen MR) is 91.1 cm³/mol. The van der Waals surface area contributed by atoms with Crippen molar-refractivity contribution in [2.45, 2.75) is 19.3 Å². The molecule has 3 nitrogen and oxygen atoms in total. The van der Waals surface area contributed by atoms with Gasteiger partial charge in [-0.2, -0.15) is 0 Å². The largest absolute Gasteiger partial charge is 0.497 e. The van der Waals surface area contributed by atoms with Gasteiger partial charge < -0.3 is 10.1 Å². The number of methoxy groups -OCH3 is 1. The first-order valence-corrected chi connectivity index (χ1v) is 7.51. The second kappa shape index (κ2) is 6.59. The molecular weight excluding hydrogens is 321 g/mol.